The van der Waals surface area contributed by atoms with Crippen LogP contribution in [-0.4, -0.2) is 71.7 Å². The van der Waals surface area contributed by atoms with E-state index in [2.05, 4.69) is 19.4 Å². The van der Waals surface area contributed by atoms with E-state index in [1.165, 1.54) is 32.1 Å². The Hall–Kier alpha value is -1.40. The third-order valence-electron chi connectivity index (χ3n) is 5.73. The molecule has 0 N–H and O–H groups in total. The lowest BCUT2D eigenvalue weighted by Crippen LogP contribution is -2.45. The summed E-state index contributed by atoms with van der Waals surface area (Å²) in [6.45, 7) is 5.94. The molecule has 146 valence electrons. The summed E-state index contributed by atoms with van der Waals surface area (Å²) in [5.41, 5.74) is 0. The lowest BCUT2D eigenvalue weighted by molar-refractivity contribution is -0.133. The second kappa shape index (κ2) is 10.1. The Morgan fingerprint density at radius 2 is 1.92 bits per heavy atom. The molecule has 0 saturated carbocycles. The molecule has 0 aromatic carbocycles. The summed E-state index contributed by atoms with van der Waals surface area (Å²) >= 11 is 0. The van der Waals surface area contributed by atoms with Gasteiger partial charge in [-0.05, 0) is 38.8 Å². The lowest BCUT2D eigenvalue weighted by Gasteiger charge is -2.34. The van der Waals surface area contributed by atoms with Crippen molar-refractivity contribution in [1.82, 2.24) is 19.4 Å². The smallest absolute Gasteiger partial charge is 0.236 e. The SMILES string of the molecule is COCCn1ccnc1[C@@H]1CCCN(C(=O)CN2CCCCCCC2)C1. The minimum Gasteiger partial charge on any atom is -0.383 e. The van der Waals surface area contributed by atoms with E-state index in [4.69, 9.17) is 4.74 Å². The van der Waals surface area contributed by atoms with Crippen molar-refractivity contribution in [2.45, 2.75) is 57.4 Å². The van der Waals surface area contributed by atoms with E-state index in [0.717, 1.165) is 51.4 Å². The highest BCUT2D eigenvalue weighted by atomic mass is 16.5. The van der Waals surface area contributed by atoms with Gasteiger partial charge in [0.05, 0.1) is 13.2 Å². The zero-order valence-corrected chi connectivity index (χ0v) is 16.2. The van der Waals surface area contributed by atoms with Crippen molar-refractivity contribution in [3.05, 3.63) is 18.2 Å². The number of carbonyl (C=O) groups excluding carboxylic acids is 1. The van der Waals surface area contributed by atoms with Crippen LogP contribution in [-0.2, 0) is 16.1 Å². The predicted molar refractivity (Wildman–Crippen MR) is 102 cm³/mol. The largest absolute Gasteiger partial charge is 0.383 e. The minimum absolute atomic E-state index is 0.297. The first kappa shape index (κ1) is 19.4. The summed E-state index contributed by atoms with van der Waals surface area (Å²) in [5.74, 6) is 1.74. The average molecular weight is 363 g/mol. The topological polar surface area (TPSA) is 50.6 Å². The second-order valence-corrected chi connectivity index (χ2v) is 7.69. The Morgan fingerprint density at radius 1 is 1.15 bits per heavy atom. The highest BCUT2D eigenvalue weighted by molar-refractivity contribution is 5.78. The van der Waals surface area contributed by atoms with E-state index in [0.29, 0.717) is 25.0 Å². The van der Waals surface area contributed by atoms with Gasteiger partial charge in [-0.1, -0.05) is 19.3 Å². The van der Waals surface area contributed by atoms with Crippen molar-refractivity contribution in [2.75, 3.05) is 46.4 Å². The van der Waals surface area contributed by atoms with Crippen LogP contribution in [0.4, 0.5) is 0 Å². The van der Waals surface area contributed by atoms with Crippen molar-refractivity contribution in [2.24, 2.45) is 0 Å². The summed E-state index contributed by atoms with van der Waals surface area (Å²) in [6.07, 6.45) is 12.5. The molecule has 3 rings (SSSR count). The van der Waals surface area contributed by atoms with Crippen LogP contribution in [0, 0.1) is 0 Å². The molecule has 1 aromatic heterocycles. The van der Waals surface area contributed by atoms with Gasteiger partial charge in [0.25, 0.3) is 0 Å². The first-order valence-electron chi connectivity index (χ1n) is 10.3. The number of rotatable bonds is 6. The van der Waals surface area contributed by atoms with Gasteiger partial charge < -0.3 is 14.2 Å². The van der Waals surface area contributed by atoms with E-state index in [9.17, 15) is 4.79 Å². The van der Waals surface area contributed by atoms with Crippen LogP contribution in [0.15, 0.2) is 12.4 Å². The van der Waals surface area contributed by atoms with E-state index < -0.39 is 0 Å². The molecule has 1 aromatic rings. The van der Waals surface area contributed by atoms with Crippen molar-refractivity contribution in [1.29, 1.82) is 0 Å². The summed E-state index contributed by atoms with van der Waals surface area (Å²) in [7, 11) is 1.72. The third kappa shape index (κ3) is 5.30. The number of carbonyl (C=O) groups is 1. The molecule has 1 amide bonds. The molecular formula is C20H34N4O2. The molecule has 0 radical (unpaired) electrons. The number of nitrogens with zero attached hydrogens (tertiary/aromatic N) is 4. The van der Waals surface area contributed by atoms with Crippen molar-refractivity contribution < 1.29 is 9.53 Å². The molecular weight excluding hydrogens is 328 g/mol. The molecule has 26 heavy (non-hydrogen) atoms. The fraction of sp³-hybridized carbons (Fsp3) is 0.800. The molecule has 2 fully saturated rings. The second-order valence-electron chi connectivity index (χ2n) is 7.69. The number of amides is 1. The van der Waals surface area contributed by atoms with E-state index in [1.807, 2.05) is 12.4 Å². The normalized spacial score (nSPS) is 22.8. The first-order valence-corrected chi connectivity index (χ1v) is 10.3. The maximum absolute atomic E-state index is 12.9. The van der Waals surface area contributed by atoms with Crippen molar-refractivity contribution >= 4 is 5.91 Å². The number of likely N-dealkylation sites (tertiary alicyclic amines) is 2. The number of methoxy groups -OCH3 is 1. The molecule has 1 atom stereocenters. The summed E-state index contributed by atoms with van der Waals surface area (Å²) in [5, 5.41) is 0. The number of ether oxygens (including phenoxy) is 1. The fourth-order valence-electron chi connectivity index (χ4n) is 4.24. The molecule has 2 aliphatic heterocycles. The van der Waals surface area contributed by atoms with Gasteiger partial charge in [-0.15, -0.1) is 0 Å². The molecule has 3 heterocycles. The molecule has 2 aliphatic rings. The highest BCUT2D eigenvalue weighted by Crippen LogP contribution is 2.26. The molecule has 2 saturated heterocycles. The van der Waals surface area contributed by atoms with Gasteiger partial charge >= 0.3 is 0 Å². The quantitative estimate of drug-likeness (QED) is 0.780. The van der Waals surface area contributed by atoms with Gasteiger partial charge in [-0.25, -0.2) is 4.98 Å². The van der Waals surface area contributed by atoms with E-state index >= 15 is 0 Å². The van der Waals surface area contributed by atoms with Crippen molar-refractivity contribution in [3.8, 4) is 0 Å². The van der Waals surface area contributed by atoms with Crippen LogP contribution < -0.4 is 0 Å². The minimum atomic E-state index is 0.297. The van der Waals surface area contributed by atoms with Crippen LogP contribution in [0.5, 0.6) is 0 Å². The summed E-state index contributed by atoms with van der Waals surface area (Å²) < 4.78 is 7.38. The molecule has 0 unspecified atom stereocenters. The zero-order valence-electron chi connectivity index (χ0n) is 16.2. The average Bonchev–Trinajstić information content (AvgIpc) is 3.10. The third-order valence-corrected chi connectivity index (χ3v) is 5.73. The van der Waals surface area contributed by atoms with Gasteiger partial charge in [-0.2, -0.15) is 0 Å². The van der Waals surface area contributed by atoms with Crippen molar-refractivity contribution in [3.63, 3.8) is 0 Å². The first-order chi connectivity index (χ1) is 12.8. The summed E-state index contributed by atoms with van der Waals surface area (Å²) in [4.78, 5) is 21.9. The molecule has 6 nitrogen and oxygen atoms in total. The van der Waals surface area contributed by atoms with E-state index in [-0.39, 0.29) is 0 Å². The molecule has 0 bridgehead atoms. The highest BCUT2D eigenvalue weighted by Gasteiger charge is 2.28. The van der Waals surface area contributed by atoms with Crippen LogP contribution in [0.1, 0.15) is 56.7 Å². The summed E-state index contributed by atoms with van der Waals surface area (Å²) in [6, 6.07) is 0. The van der Waals surface area contributed by atoms with Crippen LogP contribution in [0.25, 0.3) is 0 Å². The number of piperidine rings is 1. The molecule has 0 aliphatic carbocycles. The Kier molecular flexibility index (Phi) is 7.50. The Morgan fingerprint density at radius 3 is 2.69 bits per heavy atom. The molecule has 0 spiro atoms. The number of hydrogen-bond donors (Lipinski definition) is 0. The van der Waals surface area contributed by atoms with Gasteiger partial charge in [0.15, 0.2) is 0 Å². The number of aromatic nitrogens is 2. The molecule has 6 heteroatoms. The van der Waals surface area contributed by atoms with Crippen LogP contribution >= 0.6 is 0 Å². The van der Waals surface area contributed by atoms with Gasteiger partial charge in [0, 0.05) is 45.1 Å². The Balaban J connectivity index is 1.55. The Bertz CT molecular complexity index is 552. The fourth-order valence-corrected chi connectivity index (χ4v) is 4.24. The monoisotopic (exact) mass is 362 g/mol. The Labute approximate surface area is 157 Å². The van der Waals surface area contributed by atoms with Gasteiger partial charge in [0.1, 0.15) is 5.82 Å². The number of hydrogen-bond acceptors (Lipinski definition) is 4. The van der Waals surface area contributed by atoms with Gasteiger partial charge in [0.2, 0.25) is 5.91 Å². The van der Waals surface area contributed by atoms with E-state index in [1.54, 1.807) is 7.11 Å². The number of imidazole rings is 1. The zero-order chi connectivity index (χ0) is 18.2. The lowest BCUT2D eigenvalue weighted by atomic mass is 9.97. The standard InChI is InChI=1S/C20H34N4O2/c1-26-15-14-23-13-9-21-20(23)18-8-7-12-24(16-18)19(25)17-22-10-5-3-2-4-6-11-22/h9,13,18H,2-8,10-12,14-17H2,1H3/t18-/m1/s1. The van der Waals surface area contributed by atoms with Crippen LogP contribution in [0.3, 0.4) is 0 Å². The van der Waals surface area contributed by atoms with Gasteiger partial charge in [-0.3, -0.25) is 9.69 Å². The maximum Gasteiger partial charge on any atom is 0.236 e. The maximum atomic E-state index is 12.9. The van der Waals surface area contributed by atoms with Crippen LogP contribution in [0.2, 0.25) is 0 Å². The predicted octanol–water partition coefficient (Wildman–Crippen LogP) is 2.50.